The highest BCUT2D eigenvalue weighted by molar-refractivity contribution is 7.80. The van der Waals surface area contributed by atoms with Gasteiger partial charge in [0.05, 0.1) is 7.11 Å². The number of carboxylic acid groups (broad SMARTS) is 1. The van der Waals surface area contributed by atoms with Crippen LogP contribution in [-0.2, 0) is 9.53 Å². The van der Waals surface area contributed by atoms with E-state index in [-0.39, 0.29) is 11.7 Å². The van der Waals surface area contributed by atoms with Crippen molar-refractivity contribution < 1.29 is 14.6 Å². The van der Waals surface area contributed by atoms with Crippen LogP contribution in [0.15, 0.2) is 0 Å². The van der Waals surface area contributed by atoms with Gasteiger partial charge in [0.15, 0.2) is 0 Å². The van der Waals surface area contributed by atoms with E-state index in [1.165, 1.54) is 12.0 Å². The summed E-state index contributed by atoms with van der Waals surface area (Å²) in [7, 11) is 2.96. The Morgan fingerprint density at radius 1 is 1.80 bits per heavy atom. The minimum atomic E-state index is -0.929. The molecule has 58 valence electrons. The van der Waals surface area contributed by atoms with E-state index < -0.39 is 5.97 Å². The van der Waals surface area contributed by atoms with Crippen LogP contribution in [0.5, 0.6) is 0 Å². The van der Waals surface area contributed by atoms with Gasteiger partial charge >= 0.3 is 5.97 Å². The van der Waals surface area contributed by atoms with Crippen LogP contribution in [0.4, 0.5) is 0 Å². The van der Waals surface area contributed by atoms with Crippen LogP contribution in [0.3, 0.4) is 0 Å². The van der Waals surface area contributed by atoms with Crippen molar-refractivity contribution in [2.75, 3.05) is 20.7 Å². The molecule has 0 aliphatic rings. The van der Waals surface area contributed by atoms with Gasteiger partial charge in [0.2, 0.25) is 0 Å². The number of carboxylic acids is 1. The molecule has 0 aliphatic carbocycles. The van der Waals surface area contributed by atoms with Crippen molar-refractivity contribution in [1.29, 1.82) is 0 Å². The first kappa shape index (κ1) is 9.16. The van der Waals surface area contributed by atoms with E-state index >= 15 is 0 Å². The average molecular weight is 163 g/mol. The summed E-state index contributed by atoms with van der Waals surface area (Å²) in [4.78, 5) is 11.4. The van der Waals surface area contributed by atoms with E-state index in [9.17, 15) is 4.79 Å². The van der Waals surface area contributed by atoms with Crippen molar-refractivity contribution in [3.63, 3.8) is 0 Å². The number of likely N-dealkylation sites (N-methyl/N-ethyl adjacent to an activating group) is 1. The normalized spacial score (nSPS) is 8.60. The molecular formula is C5H9NO3S. The van der Waals surface area contributed by atoms with Crippen molar-refractivity contribution in [2.45, 2.75) is 0 Å². The molecule has 0 saturated carbocycles. The molecule has 0 fully saturated rings. The van der Waals surface area contributed by atoms with Crippen LogP contribution < -0.4 is 0 Å². The first-order valence-corrected chi connectivity index (χ1v) is 2.99. The molecule has 0 aliphatic heterocycles. The third-order valence-electron chi connectivity index (χ3n) is 0.859. The van der Waals surface area contributed by atoms with E-state index in [1.807, 2.05) is 0 Å². The zero-order chi connectivity index (χ0) is 8.15. The number of hydrogen-bond donors (Lipinski definition) is 1. The Bertz CT molecular complexity index is 148. The zero-order valence-corrected chi connectivity index (χ0v) is 6.64. The van der Waals surface area contributed by atoms with Crippen LogP contribution in [0.1, 0.15) is 0 Å². The van der Waals surface area contributed by atoms with Crippen LogP contribution in [-0.4, -0.2) is 41.9 Å². The smallest absolute Gasteiger partial charge is 0.323 e. The van der Waals surface area contributed by atoms with Gasteiger partial charge in [-0.3, -0.25) is 4.79 Å². The summed E-state index contributed by atoms with van der Waals surface area (Å²) in [5, 5.41) is 8.45. The average Bonchev–Trinajstić information content (AvgIpc) is 1.85. The minimum Gasteiger partial charge on any atom is -0.480 e. The minimum absolute atomic E-state index is 0.132. The Morgan fingerprint density at radius 3 is 2.60 bits per heavy atom. The summed E-state index contributed by atoms with van der Waals surface area (Å²) in [5.41, 5.74) is 0. The van der Waals surface area contributed by atoms with Gasteiger partial charge in [-0.2, -0.15) is 0 Å². The summed E-state index contributed by atoms with van der Waals surface area (Å²) >= 11 is 4.64. The molecule has 10 heavy (non-hydrogen) atoms. The predicted molar refractivity (Wildman–Crippen MR) is 39.9 cm³/mol. The highest BCUT2D eigenvalue weighted by Gasteiger charge is 2.06. The molecule has 0 aromatic rings. The third kappa shape index (κ3) is 3.24. The van der Waals surface area contributed by atoms with Crippen LogP contribution >= 0.6 is 12.2 Å². The molecule has 0 amide bonds. The van der Waals surface area contributed by atoms with Gasteiger partial charge in [-0.15, -0.1) is 0 Å². The molecule has 0 unspecified atom stereocenters. The molecule has 0 rings (SSSR count). The van der Waals surface area contributed by atoms with E-state index in [0.717, 1.165) is 0 Å². The number of carbonyl (C=O) groups is 1. The fourth-order valence-corrected chi connectivity index (χ4v) is 0.488. The Hall–Kier alpha value is -0.840. The Balaban J connectivity index is 3.72. The van der Waals surface area contributed by atoms with Crippen LogP contribution in [0.25, 0.3) is 0 Å². The zero-order valence-electron chi connectivity index (χ0n) is 5.83. The summed E-state index contributed by atoms with van der Waals surface area (Å²) in [5.74, 6) is -0.929. The lowest BCUT2D eigenvalue weighted by Crippen LogP contribution is -2.31. The number of nitrogens with zero attached hydrogens (tertiary/aromatic N) is 1. The summed E-state index contributed by atoms with van der Waals surface area (Å²) in [6.07, 6.45) is 0. The number of aliphatic carboxylic acids is 1. The second-order valence-corrected chi connectivity index (χ2v) is 2.07. The van der Waals surface area contributed by atoms with E-state index in [0.29, 0.717) is 0 Å². The molecule has 0 aromatic heterocycles. The number of thiocarbonyl (C=S) groups is 1. The second kappa shape index (κ2) is 4.05. The summed E-state index contributed by atoms with van der Waals surface area (Å²) in [6, 6.07) is 0. The third-order valence-corrected chi connectivity index (χ3v) is 1.34. The van der Waals surface area contributed by atoms with E-state index in [1.54, 1.807) is 7.05 Å². The van der Waals surface area contributed by atoms with Crippen LogP contribution in [0.2, 0.25) is 0 Å². The van der Waals surface area contributed by atoms with Gasteiger partial charge in [-0.25, -0.2) is 0 Å². The Kier molecular flexibility index (Phi) is 3.71. The van der Waals surface area contributed by atoms with Gasteiger partial charge in [0.1, 0.15) is 6.54 Å². The lowest BCUT2D eigenvalue weighted by Gasteiger charge is -2.14. The molecule has 0 heterocycles. The number of hydrogen-bond acceptors (Lipinski definition) is 3. The highest BCUT2D eigenvalue weighted by atomic mass is 32.1. The Morgan fingerprint density at radius 2 is 2.30 bits per heavy atom. The van der Waals surface area contributed by atoms with Gasteiger partial charge in [-0.1, -0.05) is 0 Å². The highest BCUT2D eigenvalue weighted by Crippen LogP contribution is 1.87. The largest absolute Gasteiger partial charge is 0.480 e. The molecule has 0 bridgehead atoms. The standard InChI is InChI=1S/C5H9NO3S/c1-6(3-4(7)8)5(10)9-2/h3H2,1-2H3,(H,7,8). The fraction of sp³-hybridized carbons (Fsp3) is 0.600. The van der Waals surface area contributed by atoms with Gasteiger partial charge in [0, 0.05) is 7.05 Å². The molecule has 5 heteroatoms. The quantitative estimate of drug-likeness (QED) is 0.578. The molecule has 0 saturated heterocycles. The molecular weight excluding hydrogens is 154 g/mol. The molecule has 1 N–H and O–H groups in total. The number of rotatable bonds is 2. The maximum absolute atomic E-state index is 10.1. The number of ether oxygens (including phenoxy) is 1. The van der Waals surface area contributed by atoms with E-state index in [2.05, 4.69) is 17.0 Å². The van der Waals surface area contributed by atoms with Crippen molar-refractivity contribution in [3.8, 4) is 0 Å². The van der Waals surface area contributed by atoms with E-state index in [4.69, 9.17) is 5.11 Å². The van der Waals surface area contributed by atoms with Crippen molar-refractivity contribution >= 4 is 23.4 Å². The van der Waals surface area contributed by atoms with Gasteiger partial charge in [-0.05, 0) is 12.2 Å². The molecule has 4 nitrogen and oxygen atoms in total. The Labute approximate surface area is 64.4 Å². The number of methoxy groups -OCH3 is 1. The van der Waals surface area contributed by atoms with Crippen molar-refractivity contribution in [2.24, 2.45) is 0 Å². The lowest BCUT2D eigenvalue weighted by molar-refractivity contribution is -0.137. The molecule has 0 radical (unpaired) electrons. The molecule has 0 spiro atoms. The summed E-state index contributed by atoms with van der Waals surface area (Å²) in [6.45, 7) is -0.132. The first-order valence-electron chi connectivity index (χ1n) is 2.58. The molecule has 0 aromatic carbocycles. The monoisotopic (exact) mass is 163 g/mol. The van der Waals surface area contributed by atoms with Crippen LogP contribution in [0, 0.1) is 0 Å². The lowest BCUT2D eigenvalue weighted by atomic mass is 10.6. The molecule has 0 atom stereocenters. The fourth-order valence-electron chi connectivity index (χ4n) is 0.423. The van der Waals surface area contributed by atoms with Gasteiger partial charge in [0.25, 0.3) is 5.17 Å². The maximum atomic E-state index is 10.1. The first-order chi connectivity index (χ1) is 4.57. The predicted octanol–water partition coefficient (Wildman–Crippen LogP) is -0.0659. The summed E-state index contributed by atoms with van der Waals surface area (Å²) < 4.78 is 4.61. The SMILES string of the molecule is COC(=S)N(C)CC(=O)O. The second-order valence-electron chi connectivity index (χ2n) is 1.72. The maximum Gasteiger partial charge on any atom is 0.323 e. The topological polar surface area (TPSA) is 49.8 Å². The van der Waals surface area contributed by atoms with Gasteiger partial charge < -0.3 is 14.7 Å². The van der Waals surface area contributed by atoms with Crippen molar-refractivity contribution in [1.82, 2.24) is 4.90 Å². The van der Waals surface area contributed by atoms with Crippen molar-refractivity contribution in [3.05, 3.63) is 0 Å².